The fourth-order valence-corrected chi connectivity index (χ4v) is 4.76. The maximum absolute atomic E-state index is 6.36. The Bertz CT molecular complexity index is 303. The van der Waals surface area contributed by atoms with Gasteiger partial charge in [0.15, 0.2) is 0 Å². The average Bonchev–Trinajstić information content (AvgIpc) is 2.47. The summed E-state index contributed by atoms with van der Waals surface area (Å²) in [6.45, 7) is 8.11. The first-order valence-corrected chi connectivity index (χ1v) is 8.63. The molecular weight excluding hydrogens is 246 g/mol. The highest BCUT2D eigenvalue weighted by Crippen LogP contribution is 2.43. The molecule has 0 aromatic carbocycles. The smallest absolute Gasteiger partial charge is 0.0362 e. The predicted molar refractivity (Wildman–Crippen MR) is 86.9 cm³/mol. The van der Waals surface area contributed by atoms with Gasteiger partial charge < -0.3 is 10.6 Å². The second-order valence-corrected chi connectivity index (χ2v) is 7.61. The summed E-state index contributed by atoms with van der Waals surface area (Å²) in [6, 6.07) is 0.710. The molecule has 0 spiro atoms. The molecular formula is C17H35N3. The quantitative estimate of drug-likeness (QED) is 0.859. The number of piperidine rings is 1. The fraction of sp³-hybridized carbons (Fsp3) is 1.00. The Balaban J connectivity index is 2.19. The van der Waals surface area contributed by atoms with Crippen LogP contribution < -0.4 is 5.73 Å². The Labute approximate surface area is 125 Å². The van der Waals surface area contributed by atoms with Crippen molar-refractivity contribution < 1.29 is 0 Å². The van der Waals surface area contributed by atoms with E-state index in [1.54, 1.807) is 0 Å². The highest BCUT2D eigenvalue weighted by Gasteiger charge is 2.46. The number of rotatable bonds is 4. The molecule has 2 rings (SSSR count). The van der Waals surface area contributed by atoms with Crippen molar-refractivity contribution in [2.75, 3.05) is 33.7 Å². The van der Waals surface area contributed by atoms with Crippen molar-refractivity contribution in [1.29, 1.82) is 0 Å². The lowest BCUT2D eigenvalue weighted by Gasteiger charge is -2.55. The molecule has 2 N–H and O–H groups in total. The summed E-state index contributed by atoms with van der Waals surface area (Å²) in [5.74, 6) is 1.53. The minimum atomic E-state index is 0.279. The van der Waals surface area contributed by atoms with E-state index in [9.17, 15) is 0 Å². The summed E-state index contributed by atoms with van der Waals surface area (Å²) in [7, 11) is 4.45. The van der Waals surface area contributed by atoms with Gasteiger partial charge in [-0.3, -0.25) is 4.90 Å². The highest BCUT2D eigenvalue weighted by atomic mass is 15.3. The lowest BCUT2D eigenvalue weighted by Crippen LogP contribution is -2.64. The first-order valence-electron chi connectivity index (χ1n) is 8.63. The van der Waals surface area contributed by atoms with Crippen molar-refractivity contribution in [2.24, 2.45) is 17.6 Å². The van der Waals surface area contributed by atoms with E-state index >= 15 is 0 Å². The molecule has 1 saturated heterocycles. The molecule has 1 aliphatic carbocycles. The van der Waals surface area contributed by atoms with Gasteiger partial charge in [0.1, 0.15) is 0 Å². The third-order valence-corrected chi connectivity index (χ3v) is 5.98. The van der Waals surface area contributed by atoms with Gasteiger partial charge in [-0.1, -0.05) is 26.7 Å². The van der Waals surface area contributed by atoms with Crippen LogP contribution in [0.3, 0.4) is 0 Å². The van der Waals surface area contributed by atoms with E-state index in [4.69, 9.17) is 5.73 Å². The van der Waals surface area contributed by atoms with E-state index in [1.807, 2.05) is 0 Å². The van der Waals surface area contributed by atoms with Crippen LogP contribution in [-0.2, 0) is 0 Å². The molecule has 3 heteroatoms. The number of likely N-dealkylation sites (N-methyl/N-ethyl adjacent to an activating group) is 1. The molecule has 1 heterocycles. The molecule has 0 radical (unpaired) electrons. The minimum absolute atomic E-state index is 0.279. The van der Waals surface area contributed by atoms with Crippen LogP contribution in [0.5, 0.6) is 0 Å². The summed E-state index contributed by atoms with van der Waals surface area (Å²) in [6.07, 6.45) is 8.12. The summed E-state index contributed by atoms with van der Waals surface area (Å²) < 4.78 is 0. The maximum atomic E-state index is 6.36. The summed E-state index contributed by atoms with van der Waals surface area (Å²) in [5.41, 5.74) is 6.64. The first kappa shape index (κ1) is 16.3. The van der Waals surface area contributed by atoms with E-state index in [0.29, 0.717) is 6.04 Å². The zero-order valence-electron chi connectivity index (χ0n) is 14.1. The van der Waals surface area contributed by atoms with Crippen molar-refractivity contribution in [3.05, 3.63) is 0 Å². The Morgan fingerprint density at radius 1 is 1.20 bits per heavy atom. The first-order chi connectivity index (χ1) is 9.51. The van der Waals surface area contributed by atoms with E-state index < -0.39 is 0 Å². The molecule has 3 atom stereocenters. The third kappa shape index (κ3) is 3.05. The van der Waals surface area contributed by atoms with Crippen LogP contribution in [0.4, 0.5) is 0 Å². The largest absolute Gasteiger partial charge is 0.329 e. The maximum Gasteiger partial charge on any atom is 0.0362 e. The number of likely N-dealkylation sites (tertiary alicyclic amines) is 1. The molecule has 0 bridgehead atoms. The zero-order valence-corrected chi connectivity index (χ0v) is 14.1. The van der Waals surface area contributed by atoms with Gasteiger partial charge in [0.25, 0.3) is 0 Å². The van der Waals surface area contributed by atoms with Crippen molar-refractivity contribution >= 4 is 0 Å². The standard InChI is InChI=1S/C17H35N3/c1-14(2)16-9-5-6-10-17(16,13-18)20-11-7-8-15(12-20)19(3)4/h14-16H,5-13,18H2,1-4H3. The SMILES string of the molecule is CC(C)C1CCCCC1(CN)N1CCCC(N(C)C)C1. The third-order valence-electron chi connectivity index (χ3n) is 5.98. The molecule has 3 nitrogen and oxygen atoms in total. The van der Waals surface area contributed by atoms with Gasteiger partial charge in [0, 0.05) is 24.7 Å². The number of hydrogen-bond donors (Lipinski definition) is 1. The van der Waals surface area contributed by atoms with Gasteiger partial charge in [0.2, 0.25) is 0 Å². The molecule has 118 valence electrons. The molecule has 0 aromatic rings. The number of nitrogens with zero attached hydrogens (tertiary/aromatic N) is 2. The van der Waals surface area contributed by atoms with Crippen LogP contribution in [0, 0.1) is 11.8 Å². The van der Waals surface area contributed by atoms with Crippen molar-refractivity contribution in [2.45, 2.75) is 64.0 Å². The van der Waals surface area contributed by atoms with Crippen LogP contribution >= 0.6 is 0 Å². The van der Waals surface area contributed by atoms with Crippen LogP contribution in [0.2, 0.25) is 0 Å². The predicted octanol–water partition coefficient (Wildman–Crippen LogP) is 2.56. The van der Waals surface area contributed by atoms with Crippen LogP contribution in [-0.4, -0.2) is 55.1 Å². The van der Waals surface area contributed by atoms with Gasteiger partial charge in [-0.05, 0) is 58.2 Å². The Kier molecular flexibility index (Phi) is 5.49. The molecule has 0 amide bonds. The molecule has 1 aliphatic heterocycles. The second kappa shape index (κ2) is 6.76. The number of nitrogens with two attached hydrogens (primary N) is 1. The Morgan fingerprint density at radius 3 is 2.55 bits per heavy atom. The van der Waals surface area contributed by atoms with E-state index in [0.717, 1.165) is 18.4 Å². The molecule has 20 heavy (non-hydrogen) atoms. The molecule has 0 aromatic heterocycles. The zero-order chi connectivity index (χ0) is 14.8. The van der Waals surface area contributed by atoms with Gasteiger partial charge in [-0.2, -0.15) is 0 Å². The monoisotopic (exact) mass is 281 g/mol. The van der Waals surface area contributed by atoms with E-state index in [-0.39, 0.29) is 5.54 Å². The van der Waals surface area contributed by atoms with Crippen LogP contribution in [0.25, 0.3) is 0 Å². The minimum Gasteiger partial charge on any atom is -0.329 e. The topological polar surface area (TPSA) is 32.5 Å². The van der Waals surface area contributed by atoms with Gasteiger partial charge >= 0.3 is 0 Å². The molecule has 2 aliphatic rings. The second-order valence-electron chi connectivity index (χ2n) is 7.61. The molecule has 1 saturated carbocycles. The Morgan fingerprint density at radius 2 is 1.95 bits per heavy atom. The van der Waals surface area contributed by atoms with Gasteiger partial charge in [0.05, 0.1) is 0 Å². The van der Waals surface area contributed by atoms with Crippen molar-refractivity contribution in [3.63, 3.8) is 0 Å². The van der Waals surface area contributed by atoms with Gasteiger partial charge in [-0.15, -0.1) is 0 Å². The Hall–Kier alpha value is -0.120. The van der Waals surface area contributed by atoms with Gasteiger partial charge in [-0.25, -0.2) is 0 Å². The van der Waals surface area contributed by atoms with Crippen molar-refractivity contribution in [3.8, 4) is 0 Å². The van der Waals surface area contributed by atoms with E-state index in [1.165, 1.54) is 51.6 Å². The van der Waals surface area contributed by atoms with Crippen LogP contribution in [0.15, 0.2) is 0 Å². The highest BCUT2D eigenvalue weighted by molar-refractivity contribution is 5.02. The lowest BCUT2D eigenvalue weighted by atomic mass is 9.66. The molecule has 2 fully saturated rings. The lowest BCUT2D eigenvalue weighted by molar-refractivity contribution is -0.0409. The average molecular weight is 281 g/mol. The van der Waals surface area contributed by atoms with E-state index in [2.05, 4.69) is 37.7 Å². The molecule has 3 unspecified atom stereocenters. The van der Waals surface area contributed by atoms with Crippen LogP contribution in [0.1, 0.15) is 52.4 Å². The summed E-state index contributed by atoms with van der Waals surface area (Å²) in [5, 5.41) is 0. The summed E-state index contributed by atoms with van der Waals surface area (Å²) in [4.78, 5) is 5.19. The summed E-state index contributed by atoms with van der Waals surface area (Å²) >= 11 is 0. The fourth-order valence-electron chi connectivity index (χ4n) is 4.76. The normalized spacial score (nSPS) is 36.8. The van der Waals surface area contributed by atoms with Crippen molar-refractivity contribution in [1.82, 2.24) is 9.80 Å². The number of hydrogen-bond acceptors (Lipinski definition) is 3.